The van der Waals surface area contributed by atoms with Gasteiger partial charge >= 0.3 is 0 Å². The SMILES string of the molecule is CC(C)C(C#N)C(=O)NCC1CCCS1(=O)=O. The largest absolute Gasteiger partial charge is 0.354 e. The van der Waals surface area contributed by atoms with Crippen LogP contribution < -0.4 is 5.32 Å². The lowest BCUT2D eigenvalue weighted by Crippen LogP contribution is -2.39. The van der Waals surface area contributed by atoms with Gasteiger partial charge in [0.25, 0.3) is 0 Å². The van der Waals surface area contributed by atoms with Crippen LogP contribution in [0.15, 0.2) is 0 Å². The van der Waals surface area contributed by atoms with E-state index in [9.17, 15) is 13.2 Å². The van der Waals surface area contributed by atoms with Crippen LogP contribution in [0.25, 0.3) is 0 Å². The average Bonchev–Trinajstić information content (AvgIpc) is 2.55. The Morgan fingerprint density at radius 2 is 2.18 bits per heavy atom. The Kier molecular flexibility index (Phi) is 4.52. The number of rotatable bonds is 4. The fourth-order valence-corrected chi connectivity index (χ4v) is 3.69. The molecule has 0 aromatic heterocycles. The van der Waals surface area contributed by atoms with Crippen molar-refractivity contribution in [1.29, 1.82) is 5.26 Å². The molecule has 0 bridgehead atoms. The highest BCUT2D eigenvalue weighted by atomic mass is 32.2. The van der Waals surface area contributed by atoms with Crippen LogP contribution in [0.2, 0.25) is 0 Å². The first-order chi connectivity index (χ1) is 7.88. The van der Waals surface area contributed by atoms with Gasteiger partial charge in [0.15, 0.2) is 9.84 Å². The second-order valence-electron chi connectivity index (χ2n) is 4.73. The van der Waals surface area contributed by atoms with Gasteiger partial charge in [-0.05, 0) is 18.8 Å². The molecule has 5 nitrogen and oxygen atoms in total. The molecule has 1 heterocycles. The van der Waals surface area contributed by atoms with E-state index in [0.29, 0.717) is 12.8 Å². The zero-order valence-electron chi connectivity index (χ0n) is 10.1. The van der Waals surface area contributed by atoms with Crippen molar-refractivity contribution < 1.29 is 13.2 Å². The normalized spacial score (nSPS) is 24.2. The van der Waals surface area contributed by atoms with Crippen LogP contribution in [0, 0.1) is 23.2 Å². The van der Waals surface area contributed by atoms with Crippen molar-refractivity contribution in [2.45, 2.75) is 31.9 Å². The van der Waals surface area contributed by atoms with Crippen molar-refractivity contribution in [3.8, 4) is 6.07 Å². The third-order valence-corrected chi connectivity index (χ3v) is 5.33. The van der Waals surface area contributed by atoms with E-state index in [4.69, 9.17) is 5.26 Å². The predicted octanol–water partition coefficient (Wildman–Crippen LogP) is 0.476. The number of amides is 1. The highest BCUT2D eigenvalue weighted by molar-refractivity contribution is 7.92. The van der Waals surface area contributed by atoms with Crippen LogP contribution >= 0.6 is 0 Å². The molecule has 2 unspecified atom stereocenters. The number of nitriles is 1. The molecule has 0 spiro atoms. The van der Waals surface area contributed by atoms with E-state index in [1.807, 2.05) is 6.07 Å². The van der Waals surface area contributed by atoms with E-state index < -0.39 is 21.0 Å². The summed E-state index contributed by atoms with van der Waals surface area (Å²) < 4.78 is 23.1. The molecular formula is C11H18N2O3S. The van der Waals surface area contributed by atoms with E-state index in [2.05, 4.69) is 5.32 Å². The van der Waals surface area contributed by atoms with E-state index in [-0.39, 0.29) is 24.1 Å². The summed E-state index contributed by atoms with van der Waals surface area (Å²) in [6.45, 7) is 3.71. The molecule has 1 amide bonds. The molecule has 0 aliphatic carbocycles. The topological polar surface area (TPSA) is 87.0 Å². The first-order valence-corrected chi connectivity index (χ1v) is 7.49. The highest BCUT2D eigenvalue weighted by Crippen LogP contribution is 2.19. The Balaban J connectivity index is 2.52. The minimum Gasteiger partial charge on any atom is -0.354 e. The molecule has 1 N–H and O–H groups in total. The molecular weight excluding hydrogens is 240 g/mol. The maximum absolute atomic E-state index is 11.7. The number of carbonyl (C=O) groups is 1. The summed E-state index contributed by atoms with van der Waals surface area (Å²) in [6.07, 6.45) is 1.26. The van der Waals surface area contributed by atoms with Gasteiger partial charge < -0.3 is 5.32 Å². The third kappa shape index (κ3) is 3.43. The lowest BCUT2D eigenvalue weighted by molar-refractivity contribution is -0.124. The fraction of sp³-hybridized carbons (Fsp3) is 0.818. The van der Waals surface area contributed by atoms with Crippen LogP contribution in [0.3, 0.4) is 0 Å². The summed E-state index contributed by atoms with van der Waals surface area (Å²) in [7, 11) is -3.03. The number of sulfone groups is 1. The van der Waals surface area contributed by atoms with Crippen molar-refractivity contribution in [3.05, 3.63) is 0 Å². The van der Waals surface area contributed by atoms with E-state index >= 15 is 0 Å². The fourth-order valence-electron chi connectivity index (χ4n) is 1.92. The quantitative estimate of drug-likeness (QED) is 0.794. The van der Waals surface area contributed by atoms with Crippen molar-refractivity contribution >= 4 is 15.7 Å². The summed E-state index contributed by atoms with van der Waals surface area (Å²) in [5.74, 6) is -0.941. The monoisotopic (exact) mass is 258 g/mol. The average molecular weight is 258 g/mol. The standard InChI is InChI=1S/C11H18N2O3S/c1-8(2)10(6-12)11(14)13-7-9-4-3-5-17(9,15)16/h8-10H,3-5,7H2,1-2H3,(H,13,14). The highest BCUT2D eigenvalue weighted by Gasteiger charge is 2.32. The maximum atomic E-state index is 11.7. The molecule has 6 heteroatoms. The van der Waals surface area contributed by atoms with Crippen molar-refractivity contribution in [2.75, 3.05) is 12.3 Å². The summed E-state index contributed by atoms with van der Waals surface area (Å²) >= 11 is 0. The van der Waals surface area contributed by atoms with Crippen LogP contribution in [-0.4, -0.2) is 31.9 Å². The number of hydrogen-bond donors (Lipinski definition) is 1. The van der Waals surface area contributed by atoms with Gasteiger partial charge in [-0.15, -0.1) is 0 Å². The van der Waals surface area contributed by atoms with E-state index in [0.717, 1.165) is 0 Å². The summed E-state index contributed by atoms with van der Waals surface area (Å²) in [5.41, 5.74) is 0. The van der Waals surface area contributed by atoms with E-state index in [1.165, 1.54) is 0 Å². The number of carbonyl (C=O) groups excluding carboxylic acids is 1. The molecule has 1 saturated heterocycles. The third-order valence-electron chi connectivity index (χ3n) is 3.06. The van der Waals surface area contributed by atoms with Gasteiger partial charge in [0.1, 0.15) is 5.92 Å². The van der Waals surface area contributed by atoms with Gasteiger partial charge in [0, 0.05) is 6.54 Å². The minimum absolute atomic E-state index is 0.0693. The Morgan fingerprint density at radius 3 is 2.59 bits per heavy atom. The van der Waals surface area contributed by atoms with Gasteiger partial charge in [0.05, 0.1) is 17.1 Å². The van der Waals surface area contributed by atoms with Crippen molar-refractivity contribution in [1.82, 2.24) is 5.32 Å². The number of nitrogens with zero attached hydrogens (tertiary/aromatic N) is 1. The Labute approximate surface area is 102 Å². The minimum atomic E-state index is -3.03. The molecule has 0 aromatic carbocycles. The molecule has 0 radical (unpaired) electrons. The molecule has 2 atom stereocenters. The molecule has 17 heavy (non-hydrogen) atoms. The maximum Gasteiger partial charge on any atom is 0.237 e. The van der Waals surface area contributed by atoms with Crippen LogP contribution in [0.1, 0.15) is 26.7 Å². The lowest BCUT2D eigenvalue weighted by atomic mass is 9.97. The zero-order chi connectivity index (χ0) is 13.1. The van der Waals surface area contributed by atoms with Crippen LogP contribution in [0.5, 0.6) is 0 Å². The second-order valence-corrected chi connectivity index (χ2v) is 7.13. The van der Waals surface area contributed by atoms with Gasteiger partial charge in [-0.1, -0.05) is 13.8 Å². The van der Waals surface area contributed by atoms with Gasteiger partial charge in [-0.25, -0.2) is 8.42 Å². The molecule has 1 rings (SSSR count). The zero-order valence-corrected chi connectivity index (χ0v) is 11.0. The molecule has 1 aliphatic heterocycles. The second kappa shape index (κ2) is 5.50. The number of hydrogen-bond acceptors (Lipinski definition) is 4. The molecule has 96 valence electrons. The van der Waals surface area contributed by atoms with Crippen LogP contribution in [-0.2, 0) is 14.6 Å². The molecule has 0 aromatic rings. The summed E-state index contributed by atoms with van der Waals surface area (Å²) in [4.78, 5) is 11.7. The Hall–Kier alpha value is -1.09. The summed E-state index contributed by atoms with van der Waals surface area (Å²) in [5, 5.41) is 10.9. The first-order valence-electron chi connectivity index (χ1n) is 5.77. The molecule has 0 saturated carbocycles. The number of nitrogens with one attached hydrogen (secondary N) is 1. The Bertz CT molecular complexity index is 422. The van der Waals surface area contributed by atoms with Gasteiger partial charge in [-0.3, -0.25) is 4.79 Å². The molecule has 1 aliphatic rings. The van der Waals surface area contributed by atoms with Gasteiger partial charge in [-0.2, -0.15) is 5.26 Å². The lowest BCUT2D eigenvalue weighted by Gasteiger charge is -2.15. The van der Waals surface area contributed by atoms with Gasteiger partial charge in [0.2, 0.25) is 5.91 Å². The van der Waals surface area contributed by atoms with Crippen molar-refractivity contribution in [2.24, 2.45) is 11.8 Å². The van der Waals surface area contributed by atoms with E-state index in [1.54, 1.807) is 13.8 Å². The first kappa shape index (κ1) is 14.0. The smallest absolute Gasteiger partial charge is 0.237 e. The Morgan fingerprint density at radius 1 is 1.53 bits per heavy atom. The molecule has 1 fully saturated rings. The van der Waals surface area contributed by atoms with Crippen molar-refractivity contribution in [3.63, 3.8) is 0 Å². The van der Waals surface area contributed by atoms with Crippen LogP contribution in [0.4, 0.5) is 0 Å². The summed E-state index contributed by atoms with van der Waals surface area (Å²) in [6, 6.07) is 1.94. The predicted molar refractivity (Wildman–Crippen MR) is 63.8 cm³/mol.